The van der Waals surface area contributed by atoms with Crippen molar-refractivity contribution >= 4 is 37.2 Å². The molecule has 2 fully saturated rings. The molecule has 0 bridgehead atoms. The van der Waals surface area contributed by atoms with E-state index in [9.17, 15) is 21.6 Å². The molecule has 2 atom stereocenters. The predicted octanol–water partition coefficient (Wildman–Crippen LogP) is 3.65. The number of hydrogen-bond donors (Lipinski definition) is 0. The number of anilines is 1. The van der Waals surface area contributed by atoms with Crippen LogP contribution in [0.15, 0.2) is 23.6 Å². The van der Waals surface area contributed by atoms with Crippen LogP contribution in [0.25, 0.3) is 10.1 Å². The third-order valence-corrected chi connectivity index (χ3v) is 7.15. The molecule has 29 heavy (non-hydrogen) atoms. The van der Waals surface area contributed by atoms with Crippen LogP contribution in [0.1, 0.15) is 12.0 Å². The van der Waals surface area contributed by atoms with Crippen LogP contribution in [0.2, 0.25) is 0 Å². The summed E-state index contributed by atoms with van der Waals surface area (Å²) in [5.41, 5.74) is 0.395. The molecule has 1 saturated carbocycles. The molecule has 1 saturated heterocycles. The van der Waals surface area contributed by atoms with Gasteiger partial charge in [0, 0.05) is 48.2 Å². The lowest BCUT2D eigenvalue weighted by molar-refractivity contribution is -0.137. The number of piperazine rings is 1. The fourth-order valence-electron chi connectivity index (χ4n) is 3.89. The zero-order valence-corrected chi connectivity index (χ0v) is 17.6. The first kappa shape index (κ1) is 20.9. The molecule has 1 aliphatic heterocycles. The summed E-state index contributed by atoms with van der Waals surface area (Å²) in [6.45, 7) is 4.62. The van der Waals surface area contributed by atoms with Crippen molar-refractivity contribution in [2.45, 2.75) is 12.6 Å². The van der Waals surface area contributed by atoms with Gasteiger partial charge < -0.3 is 4.90 Å². The summed E-state index contributed by atoms with van der Waals surface area (Å²) in [6, 6.07) is 3.96. The van der Waals surface area contributed by atoms with Crippen molar-refractivity contribution in [2.24, 2.45) is 11.8 Å². The van der Waals surface area contributed by atoms with Gasteiger partial charge in [0.15, 0.2) is 0 Å². The Kier molecular flexibility index (Phi) is 5.56. The third-order valence-electron chi connectivity index (χ3n) is 5.65. The molecule has 1 aromatic carbocycles. The van der Waals surface area contributed by atoms with Gasteiger partial charge >= 0.3 is 6.18 Å². The number of benzene rings is 1. The van der Waals surface area contributed by atoms with Crippen LogP contribution < -0.4 is 4.90 Å². The Morgan fingerprint density at radius 2 is 1.90 bits per heavy atom. The second-order valence-electron chi connectivity index (χ2n) is 7.86. The van der Waals surface area contributed by atoms with Gasteiger partial charge in [0.2, 0.25) is 0 Å². The van der Waals surface area contributed by atoms with E-state index in [2.05, 4.69) is 9.80 Å². The van der Waals surface area contributed by atoms with Gasteiger partial charge in [-0.15, -0.1) is 11.3 Å². The second-order valence-corrected chi connectivity index (χ2v) is 10.4. The quantitative estimate of drug-likeness (QED) is 0.632. The van der Waals surface area contributed by atoms with Crippen molar-refractivity contribution in [3.63, 3.8) is 0 Å². The number of thiophene rings is 1. The molecule has 1 aromatic heterocycles. The maximum Gasteiger partial charge on any atom is 0.416 e. The molecule has 0 spiro atoms. The summed E-state index contributed by atoms with van der Waals surface area (Å²) in [6.07, 6.45) is -2.26. The van der Waals surface area contributed by atoms with Crippen molar-refractivity contribution in [1.82, 2.24) is 4.90 Å². The number of alkyl halides is 3. The SMILES string of the molecule is CS(=O)(=O)OC[C@@H]1C[C@H]1CN1CCN(c2csc3cc(C(F)(F)F)ccc23)CC1. The summed E-state index contributed by atoms with van der Waals surface area (Å²) in [7, 11) is -3.38. The van der Waals surface area contributed by atoms with Gasteiger partial charge in [-0.2, -0.15) is 21.6 Å². The van der Waals surface area contributed by atoms with Crippen LogP contribution in [0.4, 0.5) is 18.9 Å². The Morgan fingerprint density at radius 1 is 1.17 bits per heavy atom. The zero-order valence-electron chi connectivity index (χ0n) is 16.0. The molecule has 0 amide bonds. The first-order valence-corrected chi connectivity index (χ1v) is 12.2. The zero-order chi connectivity index (χ0) is 20.8. The van der Waals surface area contributed by atoms with Crippen LogP contribution in [-0.2, 0) is 20.5 Å². The predicted molar refractivity (Wildman–Crippen MR) is 108 cm³/mol. The molecule has 4 rings (SSSR count). The number of halogens is 3. The summed E-state index contributed by atoms with van der Waals surface area (Å²) >= 11 is 1.35. The Morgan fingerprint density at radius 3 is 2.55 bits per heavy atom. The average molecular weight is 449 g/mol. The van der Waals surface area contributed by atoms with Gasteiger partial charge in [-0.3, -0.25) is 9.08 Å². The van der Waals surface area contributed by atoms with Gasteiger partial charge in [0.1, 0.15) is 0 Å². The van der Waals surface area contributed by atoms with E-state index in [1.807, 2.05) is 5.38 Å². The number of nitrogens with zero attached hydrogens (tertiary/aromatic N) is 2. The van der Waals surface area contributed by atoms with Crippen molar-refractivity contribution in [2.75, 3.05) is 50.5 Å². The van der Waals surface area contributed by atoms with Crippen LogP contribution in [0.3, 0.4) is 0 Å². The van der Waals surface area contributed by atoms with E-state index in [1.165, 1.54) is 17.4 Å². The topological polar surface area (TPSA) is 49.9 Å². The fourth-order valence-corrected chi connectivity index (χ4v) is 5.32. The summed E-state index contributed by atoms with van der Waals surface area (Å²) in [5, 5.41) is 2.82. The van der Waals surface area contributed by atoms with Crippen LogP contribution >= 0.6 is 11.3 Å². The molecule has 0 N–H and O–H groups in total. The maximum atomic E-state index is 12.9. The minimum absolute atomic E-state index is 0.268. The standard InChI is InChI=1S/C19H23F3N2O3S2/c1-29(25,26)27-11-14-8-13(14)10-23-4-6-24(7-5-23)17-12-28-18-9-15(19(20,21)22)2-3-16(17)18/h2-3,9,12-14H,4-8,10-11H2,1H3/t13-,14-/m0/s1. The Hall–Kier alpha value is -1.36. The molecule has 160 valence electrons. The summed E-state index contributed by atoms with van der Waals surface area (Å²) in [5.74, 6) is 0.789. The smallest absolute Gasteiger partial charge is 0.368 e. The highest BCUT2D eigenvalue weighted by Crippen LogP contribution is 2.40. The number of rotatable bonds is 6. The molecule has 2 heterocycles. The highest BCUT2D eigenvalue weighted by Gasteiger charge is 2.39. The minimum atomic E-state index is -4.32. The summed E-state index contributed by atoms with van der Waals surface area (Å²) in [4.78, 5) is 4.61. The van der Waals surface area contributed by atoms with E-state index in [1.54, 1.807) is 6.07 Å². The first-order valence-electron chi connectivity index (χ1n) is 9.50. The van der Waals surface area contributed by atoms with Crippen molar-refractivity contribution < 1.29 is 25.8 Å². The highest BCUT2D eigenvalue weighted by molar-refractivity contribution is 7.85. The molecule has 10 heteroatoms. The van der Waals surface area contributed by atoms with E-state index < -0.39 is 21.9 Å². The van der Waals surface area contributed by atoms with Gasteiger partial charge in [-0.05, 0) is 30.4 Å². The monoisotopic (exact) mass is 448 g/mol. The molecule has 1 aliphatic carbocycles. The number of fused-ring (bicyclic) bond motifs is 1. The van der Waals surface area contributed by atoms with E-state index >= 15 is 0 Å². The van der Waals surface area contributed by atoms with Crippen molar-refractivity contribution in [3.8, 4) is 0 Å². The van der Waals surface area contributed by atoms with Crippen LogP contribution in [0.5, 0.6) is 0 Å². The summed E-state index contributed by atoms with van der Waals surface area (Å²) < 4.78 is 66.4. The Balaban J connectivity index is 1.31. The van der Waals surface area contributed by atoms with Crippen LogP contribution in [-0.4, -0.2) is 58.9 Å². The lowest BCUT2D eigenvalue weighted by Gasteiger charge is -2.36. The van der Waals surface area contributed by atoms with Crippen LogP contribution in [0, 0.1) is 11.8 Å². The number of hydrogen-bond acceptors (Lipinski definition) is 6. The maximum absolute atomic E-state index is 12.9. The normalized spacial score (nSPS) is 23.7. The second kappa shape index (κ2) is 7.72. The van der Waals surface area contributed by atoms with Gasteiger partial charge in [-0.1, -0.05) is 6.07 Å². The molecule has 0 radical (unpaired) electrons. The van der Waals surface area contributed by atoms with E-state index in [0.717, 1.165) is 62.5 Å². The Bertz CT molecular complexity index is 982. The first-order chi connectivity index (χ1) is 13.6. The molecule has 0 unspecified atom stereocenters. The minimum Gasteiger partial charge on any atom is -0.368 e. The highest BCUT2D eigenvalue weighted by atomic mass is 32.2. The third kappa shape index (κ3) is 5.04. The van der Waals surface area contributed by atoms with Crippen molar-refractivity contribution in [3.05, 3.63) is 29.1 Å². The molecule has 5 nitrogen and oxygen atoms in total. The Labute approximate surface area is 172 Å². The van der Waals surface area contributed by atoms with E-state index in [4.69, 9.17) is 4.18 Å². The van der Waals surface area contributed by atoms with Gasteiger partial charge in [-0.25, -0.2) is 0 Å². The largest absolute Gasteiger partial charge is 0.416 e. The van der Waals surface area contributed by atoms with Gasteiger partial charge in [0.05, 0.1) is 24.1 Å². The van der Waals surface area contributed by atoms with Crippen molar-refractivity contribution in [1.29, 1.82) is 0 Å². The lowest BCUT2D eigenvalue weighted by atomic mass is 10.1. The van der Waals surface area contributed by atoms with E-state index in [0.29, 0.717) is 16.5 Å². The average Bonchev–Trinajstić information content (AvgIpc) is 3.24. The fraction of sp³-hybridized carbons (Fsp3) is 0.579. The van der Waals surface area contributed by atoms with E-state index in [-0.39, 0.29) is 6.61 Å². The lowest BCUT2D eigenvalue weighted by Crippen LogP contribution is -2.47. The molecular formula is C19H23F3N2O3S2. The van der Waals surface area contributed by atoms with Gasteiger partial charge in [0.25, 0.3) is 10.1 Å². The molecule has 2 aromatic rings. The molecule has 2 aliphatic rings. The molecular weight excluding hydrogens is 425 g/mol.